The van der Waals surface area contributed by atoms with E-state index in [1.54, 1.807) is 11.9 Å². The van der Waals surface area contributed by atoms with Crippen LogP contribution in [-0.4, -0.2) is 32.1 Å². The smallest absolute Gasteiger partial charge is 0.322 e. The van der Waals surface area contributed by atoms with Crippen LogP contribution in [0.15, 0.2) is 30.3 Å². The van der Waals surface area contributed by atoms with Crippen LogP contribution in [0.2, 0.25) is 0 Å². The molecule has 2 N–H and O–H groups in total. The summed E-state index contributed by atoms with van der Waals surface area (Å²) in [7, 11) is 2.97. The van der Waals surface area contributed by atoms with E-state index >= 15 is 0 Å². The predicted octanol–water partition coefficient (Wildman–Crippen LogP) is 0.930. The number of anilines is 1. The van der Waals surface area contributed by atoms with Gasteiger partial charge in [0.2, 0.25) is 5.91 Å². The van der Waals surface area contributed by atoms with E-state index in [0.717, 1.165) is 5.69 Å². The molecule has 1 aromatic rings. The average molecular weight is 250 g/mol. The van der Waals surface area contributed by atoms with Crippen molar-refractivity contribution in [3.63, 3.8) is 0 Å². The average Bonchev–Trinajstić information content (AvgIpc) is 2.43. The van der Waals surface area contributed by atoms with Crippen molar-refractivity contribution < 1.29 is 14.3 Å². The Labute approximate surface area is 107 Å². The Morgan fingerprint density at radius 1 is 1.33 bits per heavy atom. The Morgan fingerprint density at radius 2 is 1.94 bits per heavy atom. The molecule has 18 heavy (non-hydrogen) atoms. The number of methoxy groups -OCH3 is 1. The molecule has 0 bridgehead atoms. The third kappa shape index (κ3) is 3.85. The normalized spacial score (nSPS) is 11.7. The minimum Gasteiger partial charge on any atom is -0.468 e. The van der Waals surface area contributed by atoms with Crippen molar-refractivity contribution >= 4 is 17.6 Å². The number of carbonyl (C=O) groups is 2. The van der Waals surface area contributed by atoms with Crippen LogP contribution in [0, 0.1) is 0 Å². The first-order valence-corrected chi connectivity index (χ1v) is 5.71. The molecule has 5 nitrogen and oxygen atoms in total. The minimum atomic E-state index is -0.747. The highest BCUT2D eigenvalue weighted by Crippen LogP contribution is 2.13. The molecule has 0 heterocycles. The van der Waals surface area contributed by atoms with Gasteiger partial charge >= 0.3 is 5.97 Å². The zero-order valence-corrected chi connectivity index (χ0v) is 10.6. The summed E-state index contributed by atoms with van der Waals surface area (Å²) in [6, 6.07) is 8.55. The molecule has 0 spiro atoms. The van der Waals surface area contributed by atoms with Gasteiger partial charge in [-0.1, -0.05) is 18.2 Å². The Hall–Kier alpha value is -1.88. The largest absolute Gasteiger partial charge is 0.468 e. The van der Waals surface area contributed by atoms with Gasteiger partial charge in [-0.25, -0.2) is 0 Å². The number of carbonyl (C=O) groups excluding carboxylic acids is 2. The second-order valence-electron chi connectivity index (χ2n) is 3.96. The Bertz CT molecular complexity index is 406. The number of ether oxygens (including phenoxy) is 1. The molecule has 0 radical (unpaired) electrons. The molecule has 0 fully saturated rings. The summed E-state index contributed by atoms with van der Waals surface area (Å²) < 4.78 is 4.50. The van der Waals surface area contributed by atoms with Gasteiger partial charge in [-0.15, -0.1) is 0 Å². The molecule has 0 saturated carbocycles. The van der Waals surface area contributed by atoms with E-state index in [0.29, 0.717) is 0 Å². The first-order valence-electron chi connectivity index (χ1n) is 5.71. The molecule has 1 rings (SSSR count). The summed E-state index contributed by atoms with van der Waals surface area (Å²) in [5.74, 6) is -0.578. The van der Waals surface area contributed by atoms with Gasteiger partial charge in [0.15, 0.2) is 0 Å². The third-order valence-electron chi connectivity index (χ3n) is 2.69. The Balaban J connectivity index is 2.49. The topological polar surface area (TPSA) is 72.6 Å². The van der Waals surface area contributed by atoms with E-state index < -0.39 is 12.0 Å². The van der Waals surface area contributed by atoms with Crippen molar-refractivity contribution in [3.8, 4) is 0 Å². The molecule has 1 amide bonds. The summed E-state index contributed by atoms with van der Waals surface area (Å²) in [6.07, 6.45) is 0.490. The van der Waals surface area contributed by atoms with Crippen molar-refractivity contribution in [2.45, 2.75) is 18.9 Å². The van der Waals surface area contributed by atoms with E-state index in [9.17, 15) is 9.59 Å². The van der Waals surface area contributed by atoms with E-state index in [1.807, 2.05) is 30.3 Å². The number of hydrogen-bond donors (Lipinski definition) is 1. The summed E-state index contributed by atoms with van der Waals surface area (Å²) in [4.78, 5) is 24.5. The zero-order chi connectivity index (χ0) is 13.5. The predicted molar refractivity (Wildman–Crippen MR) is 69.1 cm³/mol. The van der Waals surface area contributed by atoms with Gasteiger partial charge in [-0.3, -0.25) is 9.59 Å². The lowest BCUT2D eigenvalue weighted by molar-refractivity contribution is -0.142. The summed E-state index contributed by atoms with van der Waals surface area (Å²) >= 11 is 0. The quantitative estimate of drug-likeness (QED) is 0.789. The second kappa shape index (κ2) is 6.76. The number of nitrogens with zero attached hydrogens (tertiary/aromatic N) is 1. The highest BCUT2D eigenvalue weighted by atomic mass is 16.5. The van der Waals surface area contributed by atoms with Gasteiger partial charge in [0.1, 0.15) is 6.04 Å². The molecule has 98 valence electrons. The number of hydrogen-bond acceptors (Lipinski definition) is 4. The van der Waals surface area contributed by atoms with E-state index in [4.69, 9.17) is 5.73 Å². The summed E-state index contributed by atoms with van der Waals surface area (Å²) in [5, 5.41) is 0. The fourth-order valence-corrected chi connectivity index (χ4v) is 1.51. The number of nitrogens with two attached hydrogens (primary N) is 1. The molecule has 5 heteroatoms. The van der Waals surface area contributed by atoms with Gasteiger partial charge in [0, 0.05) is 19.2 Å². The molecule has 1 aromatic carbocycles. The number of rotatable bonds is 5. The van der Waals surface area contributed by atoms with Crippen molar-refractivity contribution in [2.24, 2.45) is 5.73 Å². The molecule has 0 unspecified atom stereocenters. The van der Waals surface area contributed by atoms with Crippen molar-refractivity contribution in [3.05, 3.63) is 30.3 Å². The van der Waals surface area contributed by atoms with Crippen LogP contribution < -0.4 is 10.6 Å². The monoisotopic (exact) mass is 250 g/mol. The number of benzene rings is 1. The van der Waals surface area contributed by atoms with Gasteiger partial charge in [-0.2, -0.15) is 0 Å². The van der Waals surface area contributed by atoms with Gasteiger partial charge in [0.25, 0.3) is 0 Å². The molecule has 0 aliphatic carbocycles. The van der Waals surface area contributed by atoms with Crippen LogP contribution >= 0.6 is 0 Å². The highest BCUT2D eigenvalue weighted by molar-refractivity contribution is 5.93. The molecule has 0 aliphatic heterocycles. The fourth-order valence-electron chi connectivity index (χ4n) is 1.51. The molecule has 0 saturated heterocycles. The highest BCUT2D eigenvalue weighted by Gasteiger charge is 2.17. The van der Waals surface area contributed by atoms with Crippen LogP contribution in [0.4, 0.5) is 5.69 Å². The van der Waals surface area contributed by atoms with Crippen LogP contribution in [0.5, 0.6) is 0 Å². The van der Waals surface area contributed by atoms with Crippen molar-refractivity contribution in [1.82, 2.24) is 0 Å². The minimum absolute atomic E-state index is 0.0828. The van der Waals surface area contributed by atoms with Gasteiger partial charge in [0.05, 0.1) is 7.11 Å². The summed E-state index contributed by atoms with van der Waals surface area (Å²) in [6.45, 7) is 0. The van der Waals surface area contributed by atoms with Gasteiger partial charge < -0.3 is 15.4 Å². The Kier molecular flexibility index (Phi) is 5.32. The van der Waals surface area contributed by atoms with E-state index in [2.05, 4.69) is 4.74 Å². The van der Waals surface area contributed by atoms with Crippen LogP contribution in [0.1, 0.15) is 12.8 Å². The number of amides is 1. The fraction of sp³-hybridized carbons (Fsp3) is 0.385. The molecule has 1 atom stereocenters. The van der Waals surface area contributed by atoms with Crippen molar-refractivity contribution in [2.75, 3.05) is 19.1 Å². The molecular formula is C13H18N2O3. The SMILES string of the molecule is COC(=O)[C@@H](N)CCC(=O)N(C)c1ccccc1. The number of para-hydroxylation sites is 1. The number of esters is 1. The Morgan fingerprint density at radius 3 is 2.50 bits per heavy atom. The summed E-state index contributed by atoms with van der Waals surface area (Å²) in [5.41, 5.74) is 6.38. The molecule has 0 aliphatic rings. The maximum atomic E-state index is 11.9. The lowest BCUT2D eigenvalue weighted by Crippen LogP contribution is -2.34. The maximum absolute atomic E-state index is 11.9. The lowest BCUT2D eigenvalue weighted by Gasteiger charge is -2.18. The van der Waals surface area contributed by atoms with Crippen LogP contribution in [0.25, 0.3) is 0 Å². The van der Waals surface area contributed by atoms with Crippen LogP contribution in [0.3, 0.4) is 0 Å². The van der Waals surface area contributed by atoms with Gasteiger partial charge in [-0.05, 0) is 18.6 Å². The van der Waals surface area contributed by atoms with Crippen molar-refractivity contribution in [1.29, 1.82) is 0 Å². The van der Waals surface area contributed by atoms with Crippen LogP contribution in [-0.2, 0) is 14.3 Å². The molecular weight excluding hydrogens is 232 g/mol. The van der Waals surface area contributed by atoms with E-state index in [-0.39, 0.29) is 18.7 Å². The maximum Gasteiger partial charge on any atom is 0.322 e. The third-order valence-corrected chi connectivity index (χ3v) is 2.69. The second-order valence-corrected chi connectivity index (χ2v) is 3.96. The standard InChI is InChI=1S/C13H18N2O3/c1-15(10-6-4-3-5-7-10)12(16)9-8-11(14)13(17)18-2/h3-7,11H,8-9,14H2,1-2H3/t11-/m0/s1. The molecule has 0 aromatic heterocycles. The zero-order valence-electron chi connectivity index (χ0n) is 10.6. The first-order chi connectivity index (χ1) is 8.56. The van der Waals surface area contributed by atoms with E-state index in [1.165, 1.54) is 7.11 Å². The first kappa shape index (κ1) is 14.2. The lowest BCUT2D eigenvalue weighted by atomic mass is 10.1.